The zero-order valence-corrected chi connectivity index (χ0v) is 29.0. The normalized spacial score (nSPS) is 12.4. The van der Waals surface area contributed by atoms with Crippen molar-refractivity contribution in [3.8, 4) is 33.6 Å². The van der Waals surface area contributed by atoms with Crippen molar-refractivity contribution in [2.24, 2.45) is 0 Å². The van der Waals surface area contributed by atoms with Crippen molar-refractivity contribution < 1.29 is 26.3 Å². The van der Waals surface area contributed by atoms with Crippen molar-refractivity contribution in [3.63, 3.8) is 0 Å². The number of aryl methyl sites for hydroxylation is 2. The molecule has 0 N–H and O–H groups in total. The fourth-order valence-corrected chi connectivity index (χ4v) is 7.96. The highest BCUT2D eigenvalue weighted by Crippen LogP contribution is 2.43. The van der Waals surface area contributed by atoms with Crippen LogP contribution in [0.1, 0.15) is 22.3 Å². The molecule has 0 aliphatic heterocycles. The number of aromatic nitrogens is 2. The lowest BCUT2D eigenvalue weighted by molar-refractivity contribution is -0.162. The first-order valence-electron chi connectivity index (χ1n) is 17.4. The molecule has 9 aromatic rings. The third-order valence-corrected chi connectivity index (χ3v) is 10.4. The van der Waals surface area contributed by atoms with Crippen LogP contribution in [0, 0.1) is 13.8 Å². The smallest absolute Gasteiger partial charge is 0.309 e. The second-order valence-corrected chi connectivity index (χ2v) is 13.7. The van der Waals surface area contributed by atoms with Gasteiger partial charge in [0.05, 0.1) is 33.2 Å². The Morgan fingerprint density at radius 2 is 0.889 bits per heavy atom. The molecule has 266 valence electrons. The highest BCUT2D eigenvalue weighted by Gasteiger charge is 2.43. The van der Waals surface area contributed by atoms with Crippen LogP contribution in [-0.4, -0.2) is 9.13 Å². The van der Waals surface area contributed by atoms with Crippen LogP contribution in [0.4, 0.5) is 26.3 Å². The Balaban J connectivity index is 1.12. The molecule has 7 aromatic carbocycles. The topological polar surface area (TPSA) is 9.86 Å². The van der Waals surface area contributed by atoms with Crippen molar-refractivity contribution in [2.75, 3.05) is 0 Å². The predicted molar refractivity (Wildman–Crippen MR) is 205 cm³/mol. The molecule has 0 radical (unpaired) electrons. The van der Waals surface area contributed by atoms with Gasteiger partial charge in [-0.2, -0.15) is 26.3 Å². The molecule has 0 amide bonds. The summed E-state index contributed by atoms with van der Waals surface area (Å²) in [5.41, 5.74) is 7.34. The quantitative estimate of drug-likeness (QED) is 0.160. The predicted octanol–water partition coefficient (Wildman–Crippen LogP) is 13.9. The highest BCUT2D eigenvalue weighted by atomic mass is 19.4. The van der Waals surface area contributed by atoms with Gasteiger partial charge in [0.25, 0.3) is 0 Å². The summed E-state index contributed by atoms with van der Waals surface area (Å²) in [6.45, 7) is 4.08. The molecular formula is C46H30F6N2. The van der Waals surface area contributed by atoms with Gasteiger partial charge in [0.15, 0.2) is 0 Å². The monoisotopic (exact) mass is 724 g/mol. The Labute approximate surface area is 306 Å². The van der Waals surface area contributed by atoms with Crippen LogP contribution in [0.3, 0.4) is 0 Å². The number of benzene rings is 7. The minimum Gasteiger partial charge on any atom is -0.309 e. The van der Waals surface area contributed by atoms with Gasteiger partial charge in [-0.1, -0.05) is 84.9 Å². The number of halogens is 6. The van der Waals surface area contributed by atoms with Crippen LogP contribution < -0.4 is 0 Å². The van der Waals surface area contributed by atoms with Crippen molar-refractivity contribution >= 4 is 43.6 Å². The Hall–Kier alpha value is -6.28. The first-order chi connectivity index (χ1) is 25.9. The van der Waals surface area contributed by atoms with Crippen molar-refractivity contribution in [1.29, 1.82) is 0 Å². The number of hydrogen-bond acceptors (Lipinski definition) is 0. The van der Waals surface area contributed by atoms with Crippen molar-refractivity contribution in [3.05, 3.63) is 168 Å². The molecule has 0 spiro atoms. The summed E-state index contributed by atoms with van der Waals surface area (Å²) in [6, 6.07) is 45.2. The summed E-state index contributed by atoms with van der Waals surface area (Å²) in [6.07, 6.45) is -10.3. The molecule has 0 aliphatic rings. The Bertz CT molecular complexity index is 2870. The SMILES string of the molecule is Cc1cc(-n2c3ccccc3c3cc(-n4c5ccccc5c5ccccc54)ccc32)c(C)cc1-c1ccc(-c2ccc(C(F)(F)F)c(C(F)(F)F)c2)cc1. The van der Waals surface area contributed by atoms with Gasteiger partial charge in [0, 0.05) is 32.9 Å². The average Bonchev–Trinajstić information content (AvgIpc) is 3.67. The van der Waals surface area contributed by atoms with E-state index in [4.69, 9.17) is 0 Å². The van der Waals surface area contributed by atoms with Gasteiger partial charge < -0.3 is 9.13 Å². The fraction of sp³-hybridized carbons (Fsp3) is 0.0870. The highest BCUT2D eigenvalue weighted by molar-refractivity contribution is 6.12. The lowest BCUT2D eigenvalue weighted by Crippen LogP contribution is -2.16. The minimum absolute atomic E-state index is 0.0535. The van der Waals surface area contributed by atoms with Gasteiger partial charge >= 0.3 is 12.4 Å². The van der Waals surface area contributed by atoms with Crippen LogP contribution in [0.5, 0.6) is 0 Å². The van der Waals surface area contributed by atoms with Crippen molar-refractivity contribution in [2.45, 2.75) is 26.2 Å². The van der Waals surface area contributed by atoms with Crippen LogP contribution >= 0.6 is 0 Å². The number of nitrogens with zero attached hydrogens (tertiary/aromatic N) is 2. The van der Waals surface area contributed by atoms with E-state index in [1.54, 1.807) is 24.3 Å². The van der Waals surface area contributed by atoms with E-state index in [1.165, 1.54) is 10.8 Å². The summed E-state index contributed by atoms with van der Waals surface area (Å²) in [4.78, 5) is 0. The zero-order valence-electron chi connectivity index (χ0n) is 29.0. The fourth-order valence-electron chi connectivity index (χ4n) is 7.96. The number of para-hydroxylation sites is 3. The average molecular weight is 725 g/mol. The number of hydrogen-bond donors (Lipinski definition) is 0. The van der Waals surface area contributed by atoms with Crippen LogP contribution in [-0.2, 0) is 12.4 Å². The Kier molecular flexibility index (Phi) is 7.54. The molecule has 0 saturated carbocycles. The molecule has 2 nitrogen and oxygen atoms in total. The number of fused-ring (bicyclic) bond motifs is 6. The van der Waals surface area contributed by atoms with Crippen LogP contribution in [0.25, 0.3) is 77.2 Å². The zero-order chi connectivity index (χ0) is 37.5. The molecule has 0 saturated heterocycles. The van der Waals surface area contributed by atoms with E-state index in [-0.39, 0.29) is 5.56 Å². The molecule has 2 aromatic heterocycles. The molecule has 8 heteroatoms. The number of rotatable bonds is 4. The molecule has 9 rings (SSSR count). The first-order valence-corrected chi connectivity index (χ1v) is 17.4. The summed E-state index contributed by atoms with van der Waals surface area (Å²) in [5, 5.41) is 4.65. The molecule has 0 fully saturated rings. The second-order valence-electron chi connectivity index (χ2n) is 13.7. The van der Waals surface area contributed by atoms with E-state index in [9.17, 15) is 26.3 Å². The lowest BCUT2D eigenvalue weighted by atomic mass is 9.94. The van der Waals surface area contributed by atoms with E-state index >= 15 is 0 Å². The maximum absolute atomic E-state index is 13.6. The Morgan fingerprint density at radius 1 is 0.389 bits per heavy atom. The molecule has 2 heterocycles. The summed E-state index contributed by atoms with van der Waals surface area (Å²) < 4.78 is 85.6. The number of alkyl halides is 6. The van der Waals surface area contributed by atoms with Gasteiger partial charge in [-0.05, 0) is 108 Å². The van der Waals surface area contributed by atoms with E-state index in [0.29, 0.717) is 17.7 Å². The van der Waals surface area contributed by atoms with Gasteiger partial charge in [0.1, 0.15) is 0 Å². The maximum Gasteiger partial charge on any atom is 0.417 e. The molecule has 0 atom stereocenters. The van der Waals surface area contributed by atoms with E-state index in [2.05, 4.69) is 113 Å². The summed E-state index contributed by atoms with van der Waals surface area (Å²) >= 11 is 0. The molecule has 0 aliphatic carbocycles. The molecule has 0 bridgehead atoms. The van der Waals surface area contributed by atoms with Gasteiger partial charge in [-0.25, -0.2) is 0 Å². The van der Waals surface area contributed by atoms with Crippen LogP contribution in [0.15, 0.2) is 146 Å². The minimum atomic E-state index is -5.15. The second kappa shape index (κ2) is 12.1. The summed E-state index contributed by atoms with van der Waals surface area (Å²) in [7, 11) is 0. The first kappa shape index (κ1) is 33.5. The molecule has 0 unspecified atom stereocenters. The maximum atomic E-state index is 13.6. The largest absolute Gasteiger partial charge is 0.417 e. The third kappa shape index (κ3) is 5.35. The van der Waals surface area contributed by atoms with E-state index in [1.807, 2.05) is 13.0 Å². The summed E-state index contributed by atoms with van der Waals surface area (Å²) in [5.74, 6) is 0. The lowest BCUT2D eigenvalue weighted by Gasteiger charge is -2.17. The van der Waals surface area contributed by atoms with E-state index in [0.717, 1.165) is 72.5 Å². The van der Waals surface area contributed by atoms with Gasteiger partial charge in [0.2, 0.25) is 0 Å². The van der Waals surface area contributed by atoms with Crippen LogP contribution in [0.2, 0.25) is 0 Å². The molecular weight excluding hydrogens is 695 g/mol. The van der Waals surface area contributed by atoms with Crippen molar-refractivity contribution in [1.82, 2.24) is 9.13 Å². The Morgan fingerprint density at radius 3 is 1.48 bits per heavy atom. The molecule has 54 heavy (non-hydrogen) atoms. The third-order valence-electron chi connectivity index (χ3n) is 10.4. The van der Waals surface area contributed by atoms with E-state index < -0.39 is 23.5 Å². The van der Waals surface area contributed by atoms with Gasteiger partial charge in [-0.3, -0.25) is 0 Å². The standard InChI is InChI=1S/C46H30F6N2/c1-27-24-44(28(2)23-36(27)30-17-15-29(16-18-30)31-19-21-38(45(47,48)49)39(25-31)46(50,51)52)54-42-14-8-5-11-35(42)37-26-32(20-22-43(37)54)53-40-12-6-3-9-33(40)34-10-4-7-13-41(34)53/h3-26H,1-2H3. The van der Waals surface area contributed by atoms with Gasteiger partial charge in [-0.15, -0.1) is 0 Å².